The molecule has 3 nitrogen and oxygen atoms in total. The van der Waals surface area contributed by atoms with E-state index in [0.29, 0.717) is 0 Å². The van der Waals surface area contributed by atoms with Crippen molar-refractivity contribution in [1.82, 2.24) is 4.90 Å². The van der Waals surface area contributed by atoms with Gasteiger partial charge in [0.1, 0.15) is 10.8 Å². The zero-order valence-electron chi connectivity index (χ0n) is 18.1. The molecule has 156 valence electrons. The van der Waals surface area contributed by atoms with E-state index in [1.165, 1.54) is 21.6 Å². The molecule has 1 saturated heterocycles. The van der Waals surface area contributed by atoms with Crippen molar-refractivity contribution in [2.45, 2.75) is 42.6 Å². The molecule has 2 spiro atoms. The molecule has 0 unspecified atom stereocenters. The lowest BCUT2D eigenvalue weighted by molar-refractivity contribution is -0.142. The molecule has 0 saturated carbocycles. The first-order valence-electron chi connectivity index (χ1n) is 11.4. The van der Waals surface area contributed by atoms with E-state index >= 15 is 0 Å². The van der Waals surface area contributed by atoms with Crippen LogP contribution in [0.5, 0.6) is 0 Å². The van der Waals surface area contributed by atoms with Gasteiger partial charge in [-0.2, -0.15) is 0 Å². The number of amides is 2. The SMILES string of the molecule is CC(C)N1C(=O)C23c4ccccc4C(c4ccccc42)[C@H]2C=C[C@]3(C1=O)c1ccccc12. The Balaban J connectivity index is 1.78. The van der Waals surface area contributed by atoms with Crippen molar-refractivity contribution in [2.24, 2.45) is 0 Å². The summed E-state index contributed by atoms with van der Waals surface area (Å²) in [5.41, 5.74) is 4.30. The minimum atomic E-state index is -1.10. The third-order valence-electron chi connectivity index (χ3n) is 8.26. The summed E-state index contributed by atoms with van der Waals surface area (Å²) in [6.45, 7) is 3.87. The first-order valence-corrected chi connectivity index (χ1v) is 11.4. The van der Waals surface area contributed by atoms with Crippen LogP contribution in [0, 0.1) is 0 Å². The molecule has 1 aliphatic heterocycles. The number of allylic oxidation sites excluding steroid dienone is 1. The average molecular weight is 418 g/mol. The number of likely N-dealkylation sites (tertiary alicyclic amines) is 1. The molecule has 5 aliphatic rings. The van der Waals surface area contributed by atoms with Crippen molar-refractivity contribution in [2.75, 3.05) is 0 Å². The van der Waals surface area contributed by atoms with E-state index in [2.05, 4.69) is 66.7 Å². The van der Waals surface area contributed by atoms with Crippen molar-refractivity contribution >= 4 is 11.8 Å². The second kappa shape index (κ2) is 5.66. The van der Waals surface area contributed by atoms with Gasteiger partial charge in [0.2, 0.25) is 11.8 Å². The van der Waals surface area contributed by atoms with Crippen LogP contribution in [0.15, 0.2) is 84.9 Å². The Morgan fingerprint density at radius 3 is 1.84 bits per heavy atom. The fourth-order valence-electron chi connectivity index (χ4n) is 7.23. The standard InChI is InChI=1S/C29H23NO2/c1-17(2)30-26(31)28-16-15-19(18-9-3-6-12-22(18)28)25-20-10-4-7-13-23(20)29(28,27(30)32)24-14-8-5-11-21(24)25/h3-17,19,25H,1-2H3/t19-,25?,28+,29?/m0/s1. The topological polar surface area (TPSA) is 37.4 Å². The van der Waals surface area contributed by atoms with Crippen LogP contribution in [0.25, 0.3) is 0 Å². The van der Waals surface area contributed by atoms with E-state index in [1.54, 1.807) is 0 Å². The Labute approximate surface area is 187 Å². The van der Waals surface area contributed by atoms with Gasteiger partial charge in [-0.25, -0.2) is 0 Å². The van der Waals surface area contributed by atoms with Crippen LogP contribution in [-0.2, 0) is 20.4 Å². The molecule has 0 radical (unpaired) electrons. The fraction of sp³-hybridized carbons (Fsp3) is 0.241. The van der Waals surface area contributed by atoms with Crippen LogP contribution in [0.3, 0.4) is 0 Å². The van der Waals surface area contributed by atoms with Gasteiger partial charge in [-0.1, -0.05) is 84.9 Å². The van der Waals surface area contributed by atoms with E-state index in [9.17, 15) is 9.59 Å². The van der Waals surface area contributed by atoms with Gasteiger partial charge in [-0.15, -0.1) is 0 Å². The summed E-state index contributed by atoms with van der Waals surface area (Å²) in [5.74, 6) is 0.0217. The summed E-state index contributed by atoms with van der Waals surface area (Å²) >= 11 is 0. The zero-order chi connectivity index (χ0) is 21.8. The van der Waals surface area contributed by atoms with E-state index in [0.717, 1.165) is 16.7 Å². The molecule has 2 amide bonds. The highest BCUT2D eigenvalue weighted by molar-refractivity contribution is 6.20. The minimum absolute atomic E-state index is 0.101. The zero-order valence-corrected chi connectivity index (χ0v) is 18.1. The molecule has 4 bridgehead atoms. The average Bonchev–Trinajstić information content (AvgIpc) is 2.97. The van der Waals surface area contributed by atoms with Gasteiger partial charge in [0.05, 0.1) is 0 Å². The second-order valence-electron chi connectivity index (χ2n) is 9.76. The highest BCUT2D eigenvalue weighted by Crippen LogP contribution is 2.68. The van der Waals surface area contributed by atoms with Gasteiger partial charge in [-0.05, 0) is 47.2 Å². The summed E-state index contributed by atoms with van der Waals surface area (Å²) < 4.78 is 0. The Morgan fingerprint density at radius 2 is 1.25 bits per heavy atom. The molecule has 3 heteroatoms. The van der Waals surface area contributed by atoms with Gasteiger partial charge in [0.25, 0.3) is 0 Å². The smallest absolute Gasteiger partial charge is 0.246 e. The highest BCUT2D eigenvalue weighted by atomic mass is 16.2. The number of hydrogen-bond acceptors (Lipinski definition) is 2. The Morgan fingerprint density at radius 1 is 0.719 bits per heavy atom. The molecule has 4 aliphatic carbocycles. The molecule has 2 atom stereocenters. The molecule has 32 heavy (non-hydrogen) atoms. The Bertz CT molecular complexity index is 1340. The second-order valence-corrected chi connectivity index (χ2v) is 9.76. The Kier molecular flexibility index (Phi) is 3.21. The van der Waals surface area contributed by atoms with Crippen LogP contribution < -0.4 is 0 Å². The predicted molar refractivity (Wildman–Crippen MR) is 122 cm³/mol. The molecule has 1 heterocycles. The molecule has 1 fully saturated rings. The highest BCUT2D eigenvalue weighted by Gasteiger charge is 2.75. The lowest BCUT2D eigenvalue weighted by Crippen LogP contribution is -2.57. The first kappa shape index (κ1) is 18.1. The van der Waals surface area contributed by atoms with Crippen molar-refractivity contribution in [3.8, 4) is 0 Å². The number of benzene rings is 3. The van der Waals surface area contributed by atoms with Gasteiger partial charge >= 0.3 is 0 Å². The summed E-state index contributed by atoms with van der Waals surface area (Å²) in [6.07, 6.45) is 4.30. The molecule has 8 rings (SSSR count). The van der Waals surface area contributed by atoms with E-state index < -0.39 is 10.8 Å². The number of hydrogen-bond donors (Lipinski definition) is 0. The lowest BCUT2D eigenvalue weighted by atomic mass is 9.45. The summed E-state index contributed by atoms with van der Waals surface area (Å²) in [4.78, 5) is 30.6. The monoisotopic (exact) mass is 417 g/mol. The van der Waals surface area contributed by atoms with Gasteiger partial charge in [-0.3, -0.25) is 14.5 Å². The van der Waals surface area contributed by atoms with Gasteiger partial charge in [0.15, 0.2) is 0 Å². The lowest BCUT2D eigenvalue weighted by Gasteiger charge is -2.53. The molecule has 0 aromatic heterocycles. The van der Waals surface area contributed by atoms with Crippen LogP contribution >= 0.6 is 0 Å². The normalized spacial score (nSPS) is 30.7. The molecular weight excluding hydrogens is 394 g/mol. The van der Waals surface area contributed by atoms with Crippen LogP contribution in [-0.4, -0.2) is 22.8 Å². The number of carbonyl (C=O) groups excluding carboxylic acids is 2. The van der Waals surface area contributed by atoms with E-state index in [-0.39, 0.29) is 29.7 Å². The van der Waals surface area contributed by atoms with Gasteiger partial charge < -0.3 is 0 Å². The maximum absolute atomic E-state index is 14.6. The number of imide groups is 1. The summed E-state index contributed by atoms with van der Waals surface area (Å²) in [6, 6.07) is 24.7. The molecule has 3 aromatic rings. The number of rotatable bonds is 1. The largest absolute Gasteiger partial charge is 0.278 e. The maximum Gasteiger partial charge on any atom is 0.246 e. The minimum Gasteiger partial charge on any atom is -0.278 e. The summed E-state index contributed by atoms with van der Waals surface area (Å²) in [5, 5.41) is 0. The van der Waals surface area contributed by atoms with Crippen LogP contribution in [0.1, 0.15) is 59.1 Å². The quantitative estimate of drug-likeness (QED) is 0.421. The third kappa shape index (κ3) is 1.65. The third-order valence-corrected chi connectivity index (χ3v) is 8.26. The van der Waals surface area contributed by atoms with Crippen molar-refractivity contribution in [1.29, 1.82) is 0 Å². The Hall–Kier alpha value is -3.46. The van der Waals surface area contributed by atoms with Crippen molar-refractivity contribution < 1.29 is 9.59 Å². The van der Waals surface area contributed by atoms with Crippen molar-refractivity contribution in [3.63, 3.8) is 0 Å². The fourth-order valence-corrected chi connectivity index (χ4v) is 7.23. The van der Waals surface area contributed by atoms with Crippen LogP contribution in [0.4, 0.5) is 0 Å². The molecule has 0 N–H and O–H groups in total. The molecular formula is C29H23NO2. The van der Waals surface area contributed by atoms with Crippen molar-refractivity contribution in [3.05, 3.63) is 118 Å². The number of carbonyl (C=O) groups is 2. The molecule has 3 aromatic carbocycles. The number of nitrogens with zero attached hydrogens (tertiary/aromatic N) is 1. The van der Waals surface area contributed by atoms with Crippen LogP contribution in [0.2, 0.25) is 0 Å². The predicted octanol–water partition coefficient (Wildman–Crippen LogP) is 4.80. The first-order chi connectivity index (χ1) is 15.5. The van der Waals surface area contributed by atoms with Gasteiger partial charge in [0, 0.05) is 17.9 Å². The van der Waals surface area contributed by atoms with E-state index in [1.807, 2.05) is 32.0 Å². The van der Waals surface area contributed by atoms with E-state index in [4.69, 9.17) is 0 Å². The maximum atomic E-state index is 14.6. The summed E-state index contributed by atoms with van der Waals surface area (Å²) in [7, 11) is 0.